The van der Waals surface area contributed by atoms with Crippen LogP contribution >= 0.6 is 0 Å². The van der Waals surface area contributed by atoms with E-state index in [9.17, 15) is 4.79 Å². The predicted octanol–water partition coefficient (Wildman–Crippen LogP) is 3.80. The minimum atomic E-state index is -1.05. The van der Waals surface area contributed by atoms with Crippen molar-refractivity contribution in [2.24, 2.45) is 0 Å². The maximum Gasteiger partial charge on any atom is 0.371 e. The maximum atomic E-state index is 10.8. The summed E-state index contributed by atoms with van der Waals surface area (Å²) in [5, 5.41) is 9.68. The fourth-order valence-corrected chi connectivity index (χ4v) is 1.95. The van der Waals surface area contributed by atoms with Crippen LogP contribution in [0.4, 0.5) is 0 Å². The standard InChI is InChI=1S/C15H10O3/c16-15(17)14-9-12-7-6-11(8-13(12)18-14)10-4-2-1-3-5-10/h1-9H,(H,16,17). The van der Waals surface area contributed by atoms with E-state index in [4.69, 9.17) is 9.52 Å². The van der Waals surface area contributed by atoms with Gasteiger partial charge in [0.2, 0.25) is 5.76 Å². The van der Waals surface area contributed by atoms with Gasteiger partial charge in [0.05, 0.1) is 0 Å². The molecule has 0 amide bonds. The van der Waals surface area contributed by atoms with Crippen LogP contribution in [0.2, 0.25) is 0 Å². The lowest BCUT2D eigenvalue weighted by Gasteiger charge is -2.00. The average Bonchev–Trinajstić information content (AvgIpc) is 2.82. The minimum Gasteiger partial charge on any atom is -0.475 e. The maximum absolute atomic E-state index is 10.8. The molecule has 0 radical (unpaired) electrons. The molecule has 18 heavy (non-hydrogen) atoms. The molecule has 3 aromatic rings. The van der Waals surface area contributed by atoms with Gasteiger partial charge < -0.3 is 9.52 Å². The summed E-state index contributed by atoms with van der Waals surface area (Å²) in [6.07, 6.45) is 0. The molecular formula is C15H10O3. The highest BCUT2D eigenvalue weighted by Gasteiger charge is 2.10. The van der Waals surface area contributed by atoms with Crippen LogP contribution in [0.25, 0.3) is 22.1 Å². The average molecular weight is 238 g/mol. The molecule has 1 N–H and O–H groups in total. The number of hydrogen-bond acceptors (Lipinski definition) is 2. The Balaban J connectivity index is 2.14. The van der Waals surface area contributed by atoms with Crippen LogP contribution in [0, 0.1) is 0 Å². The quantitative estimate of drug-likeness (QED) is 0.738. The van der Waals surface area contributed by atoms with E-state index in [-0.39, 0.29) is 5.76 Å². The topological polar surface area (TPSA) is 50.4 Å². The Morgan fingerprint density at radius 2 is 1.72 bits per heavy atom. The van der Waals surface area contributed by atoms with Gasteiger partial charge in [-0.15, -0.1) is 0 Å². The van der Waals surface area contributed by atoms with Crippen molar-refractivity contribution < 1.29 is 14.3 Å². The summed E-state index contributed by atoms with van der Waals surface area (Å²) in [5.41, 5.74) is 2.68. The van der Waals surface area contributed by atoms with Gasteiger partial charge in [-0.1, -0.05) is 42.5 Å². The van der Waals surface area contributed by atoms with Crippen molar-refractivity contribution in [1.29, 1.82) is 0 Å². The Hall–Kier alpha value is -2.55. The summed E-state index contributed by atoms with van der Waals surface area (Å²) in [7, 11) is 0. The largest absolute Gasteiger partial charge is 0.475 e. The molecule has 1 heterocycles. The SMILES string of the molecule is O=C(O)c1cc2ccc(-c3ccccc3)cc2o1. The van der Waals surface area contributed by atoms with Crippen LogP contribution in [0.15, 0.2) is 59.0 Å². The highest BCUT2D eigenvalue weighted by molar-refractivity contribution is 5.92. The highest BCUT2D eigenvalue weighted by atomic mass is 16.4. The molecule has 0 bridgehead atoms. The lowest BCUT2D eigenvalue weighted by Crippen LogP contribution is -1.91. The van der Waals surface area contributed by atoms with E-state index >= 15 is 0 Å². The lowest BCUT2D eigenvalue weighted by molar-refractivity contribution is 0.0665. The van der Waals surface area contributed by atoms with E-state index in [0.29, 0.717) is 5.58 Å². The zero-order valence-electron chi connectivity index (χ0n) is 9.46. The van der Waals surface area contributed by atoms with Crippen LogP contribution in [-0.4, -0.2) is 11.1 Å². The molecule has 3 rings (SSSR count). The first-order valence-electron chi connectivity index (χ1n) is 5.56. The summed E-state index contributed by atoms with van der Waals surface area (Å²) in [6, 6.07) is 17.1. The summed E-state index contributed by atoms with van der Waals surface area (Å²) >= 11 is 0. The van der Waals surface area contributed by atoms with Crippen LogP contribution in [-0.2, 0) is 0 Å². The van der Waals surface area contributed by atoms with E-state index in [2.05, 4.69) is 0 Å². The number of fused-ring (bicyclic) bond motifs is 1. The van der Waals surface area contributed by atoms with Gasteiger partial charge in [0.1, 0.15) is 5.58 Å². The second kappa shape index (κ2) is 4.04. The van der Waals surface area contributed by atoms with Gasteiger partial charge in [0.25, 0.3) is 0 Å². The molecular weight excluding hydrogens is 228 g/mol. The van der Waals surface area contributed by atoms with Gasteiger partial charge in [-0.2, -0.15) is 0 Å². The fourth-order valence-electron chi connectivity index (χ4n) is 1.95. The number of carboxylic acid groups (broad SMARTS) is 1. The predicted molar refractivity (Wildman–Crippen MR) is 68.6 cm³/mol. The molecule has 2 aromatic carbocycles. The molecule has 0 aliphatic rings. The van der Waals surface area contributed by atoms with E-state index in [1.54, 1.807) is 0 Å². The molecule has 0 saturated heterocycles. The summed E-state index contributed by atoms with van der Waals surface area (Å²) < 4.78 is 5.29. The molecule has 0 spiro atoms. The van der Waals surface area contributed by atoms with Gasteiger partial charge in [-0.25, -0.2) is 4.79 Å². The second-order valence-corrected chi connectivity index (χ2v) is 4.03. The Kier molecular flexibility index (Phi) is 2.38. The number of rotatable bonds is 2. The molecule has 1 aromatic heterocycles. The van der Waals surface area contributed by atoms with E-state index in [0.717, 1.165) is 16.5 Å². The van der Waals surface area contributed by atoms with Crippen molar-refractivity contribution in [2.75, 3.05) is 0 Å². The second-order valence-electron chi connectivity index (χ2n) is 4.03. The van der Waals surface area contributed by atoms with Crippen LogP contribution in [0.3, 0.4) is 0 Å². The van der Waals surface area contributed by atoms with Crippen LogP contribution in [0.1, 0.15) is 10.6 Å². The molecule has 0 atom stereocenters. The normalized spacial score (nSPS) is 10.7. The first-order valence-corrected chi connectivity index (χ1v) is 5.56. The molecule has 0 aliphatic heterocycles. The number of carboxylic acids is 1. The van der Waals surface area contributed by atoms with Crippen LogP contribution in [0.5, 0.6) is 0 Å². The molecule has 88 valence electrons. The third-order valence-corrected chi connectivity index (χ3v) is 2.84. The van der Waals surface area contributed by atoms with Crippen molar-refractivity contribution in [3.63, 3.8) is 0 Å². The van der Waals surface area contributed by atoms with Crippen molar-refractivity contribution in [3.05, 3.63) is 60.4 Å². The van der Waals surface area contributed by atoms with Crippen molar-refractivity contribution in [3.8, 4) is 11.1 Å². The van der Waals surface area contributed by atoms with Crippen molar-refractivity contribution in [1.82, 2.24) is 0 Å². The van der Waals surface area contributed by atoms with Crippen molar-refractivity contribution >= 4 is 16.9 Å². The Bertz CT molecular complexity index is 711. The van der Waals surface area contributed by atoms with E-state index < -0.39 is 5.97 Å². The van der Waals surface area contributed by atoms with Gasteiger partial charge in [-0.3, -0.25) is 0 Å². The molecule has 3 nitrogen and oxygen atoms in total. The third-order valence-electron chi connectivity index (χ3n) is 2.84. The summed E-state index contributed by atoms with van der Waals surface area (Å²) in [6.45, 7) is 0. The van der Waals surface area contributed by atoms with Gasteiger partial charge >= 0.3 is 5.97 Å². The first-order chi connectivity index (χ1) is 8.74. The van der Waals surface area contributed by atoms with Crippen molar-refractivity contribution in [2.45, 2.75) is 0 Å². The highest BCUT2D eigenvalue weighted by Crippen LogP contribution is 2.26. The number of carbonyl (C=O) groups is 1. The lowest BCUT2D eigenvalue weighted by atomic mass is 10.0. The molecule has 3 heteroatoms. The van der Waals surface area contributed by atoms with Gasteiger partial charge in [0.15, 0.2) is 0 Å². The zero-order valence-corrected chi connectivity index (χ0v) is 9.46. The van der Waals surface area contributed by atoms with Gasteiger partial charge in [-0.05, 0) is 23.3 Å². The number of benzene rings is 2. The first kappa shape index (κ1) is 10.6. The number of furan rings is 1. The zero-order chi connectivity index (χ0) is 12.5. The number of hydrogen-bond donors (Lipinski definition) is 1. The number of aromatic carboxylic acids is 1. The minimum absolute atomic E-state index is 0.0322. The van der Waals surface area contributed by atoms with E-state index in [1.807, 2.05) is 48.5 Å². The summed E-state index contributed by atoms with van der Waals surface area (Å²) in [5.74, 6) is -1.08. The molecule has 0 aliphatic carbocycles. The van der Waals surface area contributed by atoms with E-state index in [1.165, 1.54) is 6.07 Å². The third kappa shape index (κ3) is 1.76. The molecule has 0 unspecified atom stereocenters. The van der Waals surface area contributed by atoms with Crippen LogP contribution < -0.4 is 0 Å². The smallest absolute Gasteiger partial charge is 0.371 e. The fraction of sp³-hybridized carbons (Fsp3) is 0. The Morgan fingerprint density at radius 3 is 2.44 bits per heavy atom. The summed E-state index contributed by atoms with van der Waals surface area (Å²) in [4.78, 5) is 10.8. The monoisotopic (exact) mass is 238 g/mol. The molecule has 0 fully saturated rings. The Labute approximate surface area is 103 Å². The van der Waals surface area contributed by atoms with Gasteiger partial charge in [0, 0.05) is 5.39 Å². The molecule has 0 saturated carbocycles. The Morgan fingerprint density at radius 1 is 0.944 bits per heavy atom.